The van der Waals surface area contributed by atoms with Crippen molar-refractivity contribution in [2.75, 3.05) is 5.73 Å². The normalized spacial score (nSPS) is 18.2. The smallest absolute Gasteiger partial charge is 0.280 e. The predicted octanol–water partition coefficient (Wildman–Crippen LogP) is 0.211. The van der Waals surface area contributed by atoms with Crippen LogP contribution in [0.4, 0.5) is 5.95 Å². The predicted molar refractivity (Wildman–Crippen MR) is 55.4 cm³/mol. The third-order valence-corrected chi connectivity index (χ3v) is 2.98. The highest BCUT2D eigenvalue weighted by molar-refractivity contribution is 5.71. The molecule has 15 heavy (non-hydrogen) atoms. The number of nitrogen functional groups attached to an aromatic ring is 1. The summed E-state index contributed by atoms with van der Waals surface area (Å²) in [6.07, 6.45) is 3.85. The van der Waals surface area contributed by atoms with Crippen molar-refractivity contribution in [2.45, 2.75) is 25.3 Å². The van der Waals surface area contributed by atoms with Crippen molar-refractivity contribution >= 4 is 17.1 Å². The zero-order valence-corrected chi connectivity index (χ0v) is 8.32. The van der Waals surface area contributed by atoms with Crippen molar-refractivity contribution in [1.82, 2.24) is 19.5 Å². The van der Waals surface area contributed by atoms with E-state index >= 15 is 0 Å². The van der Waals surface area contributed by atoms with Gasteiger partial charge in [-0.1, -0.05) is 0 Å². The van der Waals surface area contributed by atoms with Gasteiger partial charge in [-0.3, -0.25) is 9.78 Å². The minimum atomic E-state index is -0.277. The summed E-state index contributed by atoms with van der Waals surface area (Å²) >= 11 is 0. The average Bonchev–Trinajstić information content (AvgIpc) is 2.76. The van der Waals surface area contributed by atoms with E-state index in [1.165, 1.54) is 0 Å². The fourth-order valence-corrected chi connectivity index (χ4v) is 1.74. The van der Waals surface area contributed by atoms with Gasteiger partial charge in [0.1, 0.15) is 0 Å². The van der Waals surface area contributed by atoms with Crippen LogP contribution in [0.1, 0.15) is 19.8 Å². The van der Waals surface area contributed by atoms with Gasteiger partial charge in [0.05, 0.1) is 6.33 Å². The fourth-order valence-electron chi connectivity index (χ4n) is 1.74. The summed E-state index contributed by atoms with van der Waals surface area (Å²) < 4.78 is 1.94. The molecule has 1 aliphatic rings. The topological polar surface area (TPSA) is 89.6 Å². The van der Waals surface area contributed by atoms with E-state index in [4.69, 9.17) is 5.73 Å². The molecule has 0 aliphatic heterocycles. The Morgan fingerprint density at radius 1 is 1.60 bits per heavy atom. The summed E-state index contributed by atoms with van der Waals surface area (Å²) in [5.74, 6) is 0.138. The van der Waals surface area contributed by atoms with Crippen LogP contribution in [0, 0.1) is 0 Å². The van der Waals surface area contributed by atoms with Crippen LogP contribution in [-0.2, 0) is 5.54 Å². The van der Waals surface area contributed by atoms with Gasteiger partial charge in [-0.05, 0) is 19.8 Å². The van der Waals surface area contributed by atoms with E-state index in [-0.39, 0.29) is 17.0 Å². The van der Waals surface area contributed by atoms with E-state index in [1.807, 2.05) is 4.57 Å². The summed E-state index contributed by atoms with van der Waals surface area (Å²) in [5, 5.41) is 0. The molecule has 0 saturated heterocycles. The van der Waals surface area contributed by atoms with Gasteiger partial charge in [-0.2, -0.15) is 4.98 Å². The Balaban J connectivity index is 2.38. The molecule has 1 fully saturated rings. The lowest BCUT2D eigenvalue weighted by Gasteiger charge is -2.10. The summed E-state index contributed by atoms with van der Waals surface area (Å²) in [7, 11) is 0. The molecule has 0 atom stereocenters. The van der Waals surface area contributed by atoms with Gasteiger partial charge in [0.25, 0.3) is 5.56 Å². The maximum atomic E-state index is 11.5. The Hall–Kier alpha value is -1.85. The van der Waals surface area contributed by atoms with Crippen LogP contribution in [0.5, 0.6) is 0 Å². The maximum absolute atomic E-state index is 11.5. The van der Waals surface area contributed by atoms with E-state index in [0.29, 0.717) is 11.2 Å². The number of H-pyrrole nitrogens is 1. The summed E-state index contributed by atoms with van der Waals surface area (Å²) in [5.41, 5.74) is 6.24. The molecule has 3 N–H and O–H groups in total. The van der Waals surface area contributed by atoms with Crippen LogP contribution in [0.3, 0.4) is 0 Å². The Labute approximate surface area is 85.1 Å². The van der Waals surface area contributed by atoms with E-state index in [0.717, 1.165) is 12.8 Å². The van der Waals surface area contributed by atoms with Crippen LogP contribution in [0.25, 0.3) is 11.2 Å². The molecule has 6 heteroatoms. The molecule has 2 aromatic heterocycles. The Bertz CT molecular complexity index is 592. The van der Waals surface area contributed by atoms with Crippen LogP contribution >= 0.6 is 0 Å². The molecule has 6 nitrogen and oxygen atoms in total. The minimum Gasteiger partial charge on any atom is -0.369 e. The second-order valence-electron chi connectivity index (χ2n) is 4.23. The van der Waals surface area contributed by atoms with Gasteiger partial charge in [-0.25, -0.2) is 4.98 Å². The Morgan fingerprint density at radius 2 is 2.33 bits per heavy atom. The molecule has 0 unspecified atom stereocenters. The van der Waals surface area contributed by atoms with Crippen molar-refractivity contribution in [3.8, 4) is 0 Å². The number of hydrogen-bond donors (Lipinski definition) is 2. The quantitative estimate of drug-likeness (QED) is 0.696. The molecule has 1 aliphatic carbocycles. The number of hydrogen-bond acceptors (Lipinski definition) is 4. The standard InChI is InChI=1S/C9H11N5O/c1-9(2-3-9)14-4-11-5-6(14)12-8(10)13-7(5)15/h4H,2-3H2,1H3,(H3,10,12,13,15). The monoisotopic (exact) mass is 205 g/mol. The Morgan fingerprint density at radius 3 is 3.00 bits per heavy atom. The third-order valence-electron chi connectivity index (χ3n) is 2.98. The van der Waals surface area contributed by atoms with Crippen molar-refractivity contribution in [2.24, 2.45) is 0 Å². The van der Waals surface area contributed by atoms with E-state index in [9.17, 15) is 4.79 Å². The first-order valence-electron chi connectivity index (χ1n) is 4.83. The second kappa shape index (κ2) is 2.39. The minimum absolute atomic E-state index is 0.0714. The zero-order valence-electron chi connectivity index (χ0n) is 8.32. The number of aromatic amines is 1. The highest BCUT2D eigenvalue weighted by Crippen LogP contribution is 2.43. The summed E-state index contributed by atoms with van der Waals surface area (Å²) in [4.78, 5) is 22.1. The van der Waals surface area contributed by atoms with Gasteiger partial charge >= 0.3 is 0 Å². The number of nitrogens with two attached hydrogens (primary N) is 1. The molecule has 0 spiro atoms. The largest absolute Gasteiger partial charge is 0.369 e. The average molecular weight is 205 g/mol. The van der Waals surface area contributed by atoms with Gasteiger partial charge in [0.15, 0.2) is 11.2 Å². The van der Waals surface area contributed by atoms with Gasteiger partial charge in [0, 0.05) is 5.54 Å². The molecule has 0 radical (unpaired) electrons. The molecular formula is C9H11N5O. The van der Waals surface area contributed by atoms with Crippen molar-refractivity contribution < 1.29 is 0 Å². The van der Waals surface area contributed by atoms with Crippen molar-refractivity contribution in [3.05, 3.63) is 16.7 Å². The van der Waals surface area contributed by atoms with Crippen LogP contribution in [-0.4, -0.2) is 19.5 Å². The first kappa shape index (κ1) is 8.46. The lowest BCUT2D eigenvalue weighted by Crippen LogP contribution is -2.15. The lowest BCUT2D eigenvalue weighted by atomic mass is 10.3. The second-order valence-corrected chi connectivity index (χ2v) is 4.23. The van der Waals surface area contributed by atoms with Crippen molar-refractivity contribution in [3.63, 3.8) is 0 Å². The first-order valence-corrected chi connectivity index (χ1v) is 4.83. The van der Waals surface area contributed by atoms with Crippen LogP contribution in [0.2, 0.25) is 0 Å². The molecule has 2 heterocycles. The number of fused-ring (bicyclic) bond motifs is 1. The molecule has 0 bridgehead atoms. The number of anilines is 1. The van der Waals surface area contributed by atoms with Gasteiger partial charge in [-0.15, -0.1) is 0 Å². The SMILES string of the molecule is CC1(n2cnc3c(=O)[nH]c(N)nc32)CC1. The highest BCUT2D eigenvalue weighted by atomic mass is 16.1. The number of aromatic nitrogens is 4. The summed E-state index contributed by atoms with van der Waals surface area (Å²) in [6, 6.07) is 0. The first-order chi connectivity index (χ1) is 7.10. The lowest BCUT2D eigenvalue weighted by molar-refractivity contribution is 0.544. The highest BCUT2D eigenvalue weighted by Gasteiger charge is 2.40. The summed E-state index contributed by atoms with van der Waals surface area (Å²) in [6.45, 7) is 2.12. The molecule has 2 aromatic rings. The third kappa shape index (κ3) is 1.07. The van der Waals surface area contributed by atoms with Gasteiger partial charge in [0.2, 0.25) is 5.95 Å². The molecule has 3 rings (SSSR count). The van der Waals surface area contributed by atoms with E-state index in [1.54, 1.807) is 6.33 Å². The maximum Gasteiger partial charge on any atom is 0.280 e. The number of nitrogens with one attached hydrogen (secondary N) is 1. The Kier molecular flexibility index (Phi) is 1.35. The van der Waals surface area contributed by atoms with E-state index < -0.39 is 0 Å². The zero-order chi connectivity index (χ0) is 10.6. The molecule has 0 aromatic carbocycles. The number of imidazole rings is 1. The number of rotatable bonds is 1. The van der Waals surface area contributed by atoms with Crippen molar-refractivity contribution in [1.29, 1.82) is 0 Å². The van der Waals surface area contributed by atoms with Crippen LogP contribution < -0.4 is 11.3 Å². The molecule has 1 saturated carbocycles. The molecule has 0 amide bonds. The van der Waals surface area contributed by atoms with E-state index in [2.05, 4.69) is 21.9 Å². The van der Waals surface area contributed by atoms with Gasteiger partial charge < -0.3 is 10.3 Å². The fraction of sp³-hybridized carbons (Fsp3) is 0.444. The molecular weight excluding hydrogens is 194 g/mol. The number of nitrogens with zero attached hydrogens (tertiary/aromatic N) is 3. The molecule has 78 valence electrons. The van der Waals surface area contributed by atoms with Crippen LogP contribution in [0.15, 0.2) is 11.1 Å².